The normalized spacial score (nSPS) is 10.6. The van der Waals surface area contributed by atoms with Gasteiger partial charge in [0.05, 0.1) is 7.11 Å². The Balaban J connectivity index is 2.93. The minimum atomic E-state index is -0.365. The Morgan fingerprint density at radius 2 is 2.27 bits per heavy atom. The van der Waals surface area contributed by atoms with Gasteiger partial charge in [-0.1, -0.05) is 6.92 Å². The van der Waals surface area contributed by atoms with Crippen molar-refractivity contribution in [3.05, 3.63) is 35.7 Å². The first-order valence-corrected chi connectivity index (χ1v) is 4.71. The number of halogens is 1. The summed E-state index contributed by atoms with van der Waals surface area (Å²) in [5.41, 5.74) is 0.358. The summed E-state index contributed by atoms with van der Waals surface area (Å²) >= 11 is 0. The average molecular weight is 208 g/mol. The number of methoxy groups -OCH3 is 1. The molecule has 0 aliphatic rings. The van der Waals surface area contributed by atoms with Crippen LogP contribution in [0.25, 0.3) is 6.08 Å². The summed E-state index contributed by atoms with van der Waals surface area (Å²) in [6, 6.07) is 4.40. The molecule has 0 saturated heterocycles. The number of allylic oxidation sites excluding steroid dienone is 1. The number of carbonyl (C=O) groups is 1. The van der Waals surface area contributed by atoms with Crippen LogP contribution >= 0.6 is 0 Å². The Kier molecular flexibility index (Phi) is 4.03. The van der Waals surface area contributed by atoms with Crippen molar-refractivity contribution in [1.82, 2.24) is 0 Å². The highest BCUT2D eigenvalue weighted by Crippen LogP contribution is 2.17. The van der Waals surface area contributed by atoms with Gasteiger partial charge in [-0.25, -0.2) is 4.39 Å². The number of ketones is 1. The molecule has 0 spiro atoms. The zero-order valence-electron chi connectivity index (χ0n) is 8.79. The third-order valence-corrected chi connectivity index (χ3v) is 2.00. The Hall–Kier alpha value is -1.64. The third kappa shape index (κ3) is 3.20. The maximum Gasteiger partial charge on any atom is 0.155 e. The van der Waals surface area contributed by atoms with Crippen LogP contribution < -0.4 is 4.74 Å². The first kappa shape index (κ1) is 11.4. The van der Waals surface area contributed by atoms with Gasteiger partial charge in [0, 0.05) is 12.0 Å². The van der Waals surface area contributed by atoms with E-state index < -0.39 is 0 Å². The molecule has 0 heterocycles. The average Bonchev–Trinajstić information content (AvgIpc) is 2.27. The molecule has 2 nitrogen and oxygen atoms in total. The molecule has 0 unspecified atom stereocenters. The van der Waals surface area contributed by atoms with Gasteiger partial charge >= 0.3 is 0 Å². The SMILES string of the molecule is CCC(=O)C=Cc1cc(OC)ccc1F. The first-order valence-electron chi connectivity index (χ1n) is 4.71. The molecule has 0 atom stereocenters. The number of carbonyl (C=O) groups excluding carboxylic acids is 1. The molecule has 0 saturated carbocycles. The lowest BCUT2D eigenvalue weighted by Crippen LogP contribution is -1.90. The number of ether oxygens (including phenoxy) is 1. The van der Waals surface area contributed by atoms with Crippen molar-refractivity contribution in [1.29, 1.82) is 0 Å². The van der Waals surface area contributed by atoms with Crippen LogP contribution in [0.2, 0.25) is 0 Å². The van der Waals surface area contributed by atoms with E-state index in [1.807, 2.05) is 0 Å². The second kappa shape index (κ2) is 5.29. The smallest absolute Gasteiger partial charge is 0.155 e. The van der Waals surface area contributed by atoms with E-state index in [9.17, 15) is 9.18 Å². The molecule has 0 bridgehead atoms. The van der Waals surface area contributed by atoms with Gasteiger partial charge in [-0.05, 0) is 30.4 Å². The molecule has 15 heavy (non-hydrogen) atoms. The molecule has 3 heteroatoms. The summed E-state index contributed by atoms with van der Waals surface area (Å²) in [7, 11) is 1.51. The fraction of sp³-hybridized carbons (Fsp3) is 0.250. The number of hydrogen-bond donors (Lipinski definition) is 0. The van der Waals surface area contributed by atoms with E-state index in [0.717, 1.165) is 0 Å². The quantitative estimate of drug-likeness (QED) is 0.711. The number of benzene rings is 1. The largest absolute Gasteiger partial charge is 0.497 e. The summed E-state index contributed by atoms with van der Waals surface area (Å²) < 4.78 is 18.2. The molecule has 80 valence electrons. The van der Waals surface area contributed by atoms with Crippen LogP contribution in [-0.4, -0.2) is 12.9 Å². The summed E-state index contributed by atoms with van der Waals surface area (Å²) in [5.74, 6) is 0.174. The highest BCUT2D eigenvalue weighted by atomic mass is 19.1. The van der Waals surface area contributed by atoms with Crippen LogP contribution in [0.3, 0.4) is 0 Å². The minimum absolute atomic E-state index is 0.0304. The van der Waals surface area contributed by atoms with Gasteiger partial charge in [0.15, 0.2) is 5.78 Å². The van der Waals surface area contributed by atoms with E-state index in [4.69, 9.17) is 4.74 Å². The maximum atomic E-state index is 13.2. The van der Waals surface area contributed by atoms with Gasteiger partial charge in [-0.3, -0.25) is 4.79 Å². The van der Waals surface area contributed by atoms with Gasteiger partial charge in [-0.2, -0.15) is 0 Å². The van der Waals surface area contributed by atoms with Crippen molar-refractivity contribution >= 4 is 11.9 Å². The molecule has 0 fully saturated rings. The lowest BCUT2D eigenvalue weighted by atomic mass is 10.1. The van der Waals surface area contributed by atoms with E-state index in [1.54, 1.807) is 13.0 Å². The molecule has 1 aromatic rings. The van der Waals surface area contributed by atoms with Gasteiger partial charge < -0.3 is 4.74 Å². The van der Waals surface area contributed by atoms with Crippen molar-refractivity contribution in [3.8, 4) is 5.75 Å². The van der Waals surface area contributed by atoms with Gasteiger partial charge in [-0.15, -0.1) is 0 Å². The minimum Gasteiger partial charge on any atom is -0.497 e. The van der Waals surface area contributed by atoms with Crippen LogP contribution in [0.15, 0.2) is 24.3 Å². The zero-order chi connectivity index (χ0) is 11.3. The van der Waals surface area contributed by atoms with Gasteiger partial charge in [0.2, 0.25) is 0 Å². The monoisotopic (exact) mass is 208 g/mol. The molecule has 0 radical (unpaired) electrons. The second-order valence-corrected chi connectivity index (χ2v) is 3.04. The number of rotatable bonds is 4. The number of hydrogen-bond acceptors (Lipinski definition) is 2. The molecular formula is C12H13FO2. The van der Waals surface area contributed by atoms with E-state index in [2.05, 4.69) is 0 Å². The molecular weight excluding hydrogens is 195 g/mol. The molecule has 0 aliphatic carbocycles. The Morgan fingerprint density at radius 1 is 1.53 bits per heavy atom. The fourth-order valence-corrected chi connectivity index (χ4v) is 1.08. The summed E-state index contributed by atoms with van der Waals surface area (Å²) in [4.78, 5) is 11.0. The van der Waals surface area contributed by atoms with Crippen LogP contribution in [0.4, 0.5) is 4.39 Å². The summed E-state index contributed by atoms with van der Waals surface area (Å²) in [6.07, 6.45) is 3.25. The topological polar surface area (TPSA) is 26.3 Å². The lowest BCUT2D eigenvalue weighted by Gasteiger charge is -2.01. The predicted molar refractivity (Wildman–Crippen MR) is 57.3 cm³/mol. The molecule has 1 aromatic carbocycles. The maximum absolute atomic E-state index is 13.2. The van der Waals surface area contributed by atoms with Crippen LogP contribution in [-0.2, 0) is 4.79 Å². The van der Waals surface area contributed by atoms with E-state index in [-0.39, 0.29) is 11.6 Å². The molecule has 0 amide bonds. The third-order valence-electron chi connectivity index (χ3n) is 2.00. The van der Waals surface area contributed by atoms with Crippen molar-refractivity contribution in [3.63, 3.8) is 0 Å². The predicted octanol–water partition coefficient (Wildman–Crippen LogP) is 2.83. The van der Waals surface area contributed by atoms with Crippen LogP contribution in [0.1, 0.15) is 18.9 Å². The van der Waals surface area contributed by atoms with E-state index >= 15 is 0 Å². The van der Waals surface area contributed by atoms with E-state index in [0.29, 0.717) is 17.7 Å². The molecule has 0 aromatic heterocycles. The van der Waals surface area contributed by atoms with Crippen molar-refractivity contribution in [2.75, 3.05) is 7.11 Å². The second-order valence-electron chi connectivity index (χ2n) is 3.04. The van der Waals surface area contributed by atoms with Crippen LogP contribution in [0.5, 0.6) is 5.75 Å². The first-order chi connectivity index (χ1) is 7.17. The molecule has 0 N–H and O–H groups in total. The Bertz CT molecular complexity index is 383. The summed E-state index contributed by atoms with van der Waals surface area (Å²) in [5, 5.41) is 0. The van der Waals surface area contributed by atoms with Crippen molar-refractivity contribution < 1.29 is 13.9 Å². The lowest BCUT2D eigenvalue weighted by molar-refractivity contribution is -0.114. The standard InChI is InChI=1S/C12H13FO2/c1-3-10(14)5-4-9-8-11(15-2)6-7-12(9)13/h4-8H,3H2,1-2H3. The zero-order valence-corrected chi connectivity index (χ0v) is 8.79. The Morgan fingerprint density at radius 3 is 2.87 bits per heavy atom. The highest BCUT2D eigenvalue weighted by Gasteiger charge is 2.01. The summed E-state index contributed by atoms with van der Waals surface area (Å²) in [6.45, 7) is 1.76. The van der Waals surface area contributed by atoms with Gasteiger partial charge in [0.25, 0.3) is 0 Å². The van der Waals surface area contributed by atoms with Crippen molar-refractivity contribution in [2.24, 2.45) is 0 Å². The fourth-order valence-electron chi connectivity index (χ4n) is 1.08. The van der Waals surface area contributed by atoms with Gasteiger partial charge in [0.1, 0.15) is 11.6 Å². The van der Waals surface area contributed by atoms with Crippen LogP contribution in [0, 0.1) is 5.82 Å². The van der Waals surface area contributed by atoms with Crippen molar-refractivity contribution in [2.45, 2.75) is 13.3 Å². The van der Waals surface area contributed by atoms with E-state index in [1.165, 1.54) is 31.4 Å². The molecule has 1 rings (SSSR count). The highest BCUT2D eigenvalue weighted by molar-refractivity contribution is 5.93. The molecule has 0 aliphatic heterocycles. The Labute approximate surface area is 88.4 Å².